The molecule has 0 saturated carbocycles. The molecule has 0 N–H and O–H groups in total. The van der Waals surface area contributed by atoms with Gasteiger partial charge in [-0.25, -0.2) is 9.37 Å². The molecule has 5 nitrogen and oxygen atoms in total. The Bertz CT molecular complexity index is 989. The summed E-state index contributed by atoms with van der Waals surface area (Å²) in [6, 6.07) is 13.5. The molecular weight excluding hydrogens is 357 g/mol. The smallest absolute Gasteiger partial charge is 0.253 e. The Morgan fingerprint density at radius 2 is 1.89 bits per heavy atom. The van der Waals surface area contributed by atoms with Crippen LogP contribution in [0.5, 0.6) is 5.75 Å². The number of hydrogen-bond acceptors (Lipinski definition) is 3. The second-order valence-corrected chi connectivity index (χ2v) is 7.09. The molecule has 2 heterocycles. The van der Waals surface area contributed by atoms with Gasteiger partial charge in [-0.3, -0.25) is 9.36 Å². The molecule has 0 unspecified atom stereocenters. The normalized spacial score (nSPS) is 15.2. The third kappa shape index (κ3) is 3.35. The highest BCUT2D eigenvalue weighted by Gasteiger charge is 2.24. The summed E-state index contributed by atoms with van der Waals surface area (Å²) in [7, 11) is 1.65. The maximum atomic E-state index is 13.4. The minimum atomic E-state index is -0.793. The molecule has 0 atom stereocenters. The van der Waals surface area contributed by atoms with Crippen LogP contribution in [-0.2, 0) is 6.42 Å². The van der Waals surface area contributed by atoms with E-state index in [0.29, 0.717) is 31.5 Å². The summed E-state index contributed by atoms with van der Waals surface area (Å²) >= 11 is 0. The summed E-state index contributed by atoms with van der Waals surface area (Å²) in [5.74, 6) is 1.69. The zero-order valence-corrected chi connectivity index (χ0v) is 16.2. The van der Waals surface area contributed by atoms with Gasteiger partial charge in [0.05, 0.1) is 18.1 Å². The molecule has 1 aliphatic heterocycles. The number of piperidine rings is 1. The van der Waals surface area contributed by atoms with Gasteiger partial charge >= 0.3 is 0 Å². The molecule has 1 fully saturated rings. The SMILES string of the molecule is CCc1nc2cc(C(=O)N3CCC(F)CC3)ccc2n1-c1ccc(OC)cc1. The van der Waals surface area contributed by atoms with Crippen LogP contribution in [0.2, 0.25) is 0 Å². The van der Waals surface area contributed by atoms with E-state index < -0.39 is 6.17 Å². The lowest BCUT2D eigenvalue weighted by Crippen LogP contribution is -2.39. The molecule has 28 heavy (non-hydrogen) atoms. The van der Waals surface area contributed by atoms with Crippen molar-refractivity contribution < 1.29 is 13.9 Å². The van der Waals surface area contributed by atoms with Crippen LogP contribution in [-0.4, -0.2) is 46.7 Å². The van der Waals surface area contributed by atoms with Crippen molar-refractivity contribution in [1.82, 2.24) is 14.5 Å². The van der Waals surface area contributed by atoms with Gasteiger partial charge in [-0.1, -0.05) is 6.92 Å². The number of halogens is 1. The molecule has 1 aromatic heterocycles. The van der Waals surface area contributed by atoms with E-state index >= 15 is 0 Å². The number of aryl methyl sites for hydroxylation is 1. The summed E-state index contributed by atoms with van der Waals surface area (Å²) in [5.41, 5.74) is 3.36. The van der Waals surface area contributed by atoms with Crippen LogP contribution in [0, 0.1) is 0 Å². The molecule has 1 saturated heterocycles. The van der Waals surface area contributed by atoms with Crippen LogP contribution in [0.25, 0.3) is 16.7 Å². The number of hydrogen-bond donors (Lipinski definition) is 0. The van der Waals surface area contributed by atoms with Crippen LogP contribution < -0.4 is 4.74 Å². The summed E-state index contributed by atoms with van der Waals surface area (Å²) in [5, 5.41) is 0. The first-order valence-corrected chi connectivity index (χ1v) is 9.70. The first-order chi connectivity index (χ1) is 13.6. The Hall–Kier alpha value is -2.89. The second kappa shape index (κ2) is 7.62. The topological polar surface area (TPSA) is 47.4 Å². The van der Waals surface area contributed by atoms with E-state index in [4.69, 9.17) is 9.72 Å². The van der Waals surface area contributed by atoms with E-state index in [9.17, 15) is 9.18 Å². The molecular formula is C22H24FN3O2. The Morgan fingerprint density at radius 1 is 1.18 bits per heavy atom. The van der Waals surface area contributed by atoms with Crippen molar-refractivity contribution >= 4 is 16.9 Å². The first kappa shape index (κ1) is 18.5. The monoisotopic (exact) mass is 381 g/mol. The largest absolute Gasteiger partial charge is 0.497 e. The van der Waals surface area contributed by atoms with Gasteiger partial charge in [0.1, 0.15) is 17.7 Å². The lowest BCUT2D eigenvalue weighted by atomic mass is 10.1. The van der Waals surface area contributed by atoms with Gasteiger partial charge in [-0.2, -0.15) is 0 Å². The molecule has 0 aliphatic carbocycles. The predicted molar refractivity (Wildman–Crippen MR) is 107 cm³/mol. The quantitative estimate of drug-likeness (QED) is 0.681. The fourth-order valence-corrected chi connectivity index (χ4v) is 3.75. The Labute approximate surface area is 163 Å². The van der Waals surface area contributed by atoms with Gasteiger partial charge in [-0.15, -0.1) is 0 Å². The number of alkyl halides is 1. The van der Waals surface area contributed by atoms with E-state index in [0.717, 1.165) is 34.7 Å². The highest BCUT2D eigenvalue weighted by Crippen LogP contribution is 2.25. The van der Waals surface area contributed by atoms with Gasteiger partial charge in [0.15, 0.2) is 0 Å². The lowest BCUT2D eigenvalue weighted by Gasteiger charge is -2.28. The van der Waals surface area contributed by atoms with Crippen LogP contribution in [0.15, 0.2) is 42.5 Å². The highest BCUT2D eigenvalue weighted by atomic mass is 19.1. The number of likely N-dealkylation sites (tertiary alicyclic amines) is 1. The van der Waals surface area contributed by atoms with Crippen LogP contribution in [0.1, 0.15) is 35.9 Å². The number of aromatic nitrogens is 2. The summed E-state index contributed by atoms with van der Waals surface area (Å²) in [6.07, 6.45) is 0.813. The van der Waals surface area contributed by atoms with E-state index in [1.807, 2.05) is 42.5 Å². The third-order valence-corrected chi connectivity index (χ3v) is 5.33. The number of fused-ring (bicyclic) bond motifs is 1. The molecule has 3 aromatic rings. The number of carbonyl (C=O) groups is 1. The lowest BCUT2D eigenvalue weighted by molar-refractivity contribution is 0.0667. The Morgan fingerprint density at radius 3 is 2.54 bits per heavy atom. The minimum absolute atomic E-state index is 0.0501. The van der Waals surface area contributed by atoms with Crippen LogP contribution in [0.4, 0.5) is 4.39 Å². The minimum Gasteiger partial charge on any atom is -0.497 e. The molecule has 1 aliphatic rings. The fourth-order valence-electron chi connectivity index (χ4n) is 3.75. The number of amides is 1. The standard InChI is InChI=1S/C22H24FN3O2/c1-3-21-24-19-14-15(22(27)25-12-10-16(23)11-13-25)4-9-20(19)26(21)17-5-7-18(28-2)8-6-17/h4-9,14,16H,3,10-13H2,1-2H3. The second-order valence-electron chi connectivity index (χ2n) is 7.09. The van der Waals surface area contributed by atoms with Gasteiger partial charge in [0.2, 0.25) is 0 Å². The summed E-state index contributed by atoms with van der Waals surface area (Å²) in [4.78, 5) is 19.3. The van der Waals surface area contributed by atoms with Crippen molar-refractivity contribution in [2.75, 3.05) is 20.2 Å². The van der Waals surface area contributed by atoms with E-state index in [1.54, 1.807) is 12.0 Å². The molecule has 1 amide bonds. The molecule has 4 rings (SSSR count). The number of nitrogens with zero attached hydrogens (tertiary/aromatic N) is 3. The number of imidazole rings is 1. The Balaban J connectivity index is 1.70. The average Bonchev–Trinajstić information content (AvgIpc) is 3.11. The maximum Gasteiger partial charge on any atom is 0.253 e. The number of methoxy groups -OCH3 is 1. The summed E-state index contributed by atoms with van der Waals surface area (Å²) in [6.45, 7) is 3.01. The zero-order chi connectivity index (χ0) is 19.7. The predicted octanol–water partition coefficient (Wildman–Crippen LogP) is 4.17. The highest BCUT2D eigenvalue weighted by molar-refractivity contribution is 5.97. The van der Waals surface area contributed by atoms with Crippen molar-refractivity contribution in [2.24, 2.45) is 0 Å². The number of benzene rings is 2. The van der Waals surface area contributed by atoms with Crippen molar-refractivity contribution in [2.45, 2.75) is 32.4 Å². The van der Waals surface area contributed by atoms with Crippen molar-refractivity contribution in [3.8, 4) is 11.4 Å². The molecule has 0 spiro atoms. The molecule has 0 radical (unpaired) electrons. The summed E-state index contributed by atoms with van der Waals surface area (Å²) < 4.78 is 20.7. The number of rotatable bonds is 4. The molecule has 6 heteroatoms. The fraction of sp³-hybridized carbons (Fsp3) is 0.364. The van der Waals surface area contributed by atoms with Gasteiger partial charge < -0.3 is 9.64 Å². The Kier molecular flexibility index (Phi) is 5.03. The van der Waals surface area contributed by atoms with Gasteiger partial charge in [0, 0.05) is 30.8 Å². The van der Waals surface area contributed by atoms with Crippen molar-refractivity contribution in [3.63, 3.8) is 0 Å². The van der Waals surface area contributed by atoms with E-state index in [2.05, 4.69) is 11.5 Å². The number of ether oxygens (including phenoxy) is 1. The van der Waals surface area contributed by atoms with E-state index in [-0.39, 0.29) is 5.91 Å². The van der Waals surface area contributed by atoms with Crippen LogP contribution in [0.3, 0.4) is 0 Å². The van der Waals surface area contributed by atoms with Crippen LogP contribution >= 0.6 is 0 Å². The van der Waals surface area contributed by atoms with Gasteiger partial charge in [0.25, 0.3) is 5.91 Å². The van der Waals surface area contributed by atoms with Crippen molar-refractivity contribution in [1.29, 1.82) is 0 Å². The van der Waals surface area contributed by atoms with E-state index in [1.165, 1.54) is 0 Å². The number of carbonyl (C=O) groups excluding carboxylic acids is 1. The maximum absolute atomic E-state index is 13.4. The first-order valence-electron chi connectivity index (χ1n) is 9.70. The van der Waals surface area contributed by atoms with Gasteiger partial charge in [-0.05, 0) is 55.3 Å². The van der Waals surface area contributed by atoms with Crippen molar-refractivity contribution in [3.05, 3.63) is 53.9 Å². The zero-order valence-electron chi connectivity index (χ0n) is 16.2. The molecule has 0 bridgehead atoms. The average molecular weight is 381 g/mol. The molecule has 2 aromatic carbocycles. The third-order valence-electron chi connectivity index (χ3n) is 5.33. The molecule has 146 valence electrons.